The van der Waals surface area contributed by atoms with E-state index in [-0.39, 0.29) is 0 Å². The minimum absolute atomic E-state index is 0.421. The Morgan fingerprint density at radius 1 is 1.45 bits per heavy atom. The average Bonchev–Trinajstić information content (AvgIpc) is 2.28. The van der Waals surface area contributed by atoms with Gasteiger partial charge in [0, 0.05) is 6.20 Å². The molecule has 0 saturated carbocycles. The normalized spacial score (nSPS) is 11.8. The Morgan fingerprint density at radius 2 is 2.05 bits per heavy atom. The maximum atomic E-state index is 12.5. The number of carbonyl (C=O) groups excluding carboxylic acids is 1. The number of pyridine rings is 1. The number of amides is 1. The van der Waals surface area contributed by atoms with E-state index in [0.717, 1.165) is 12.3 Å². The molecule has 1 aromatic rings. The lowest BCUT2D eigenvalue weighted by Crippen LogP contribution is -2.17. The van der Waals surface area contributed by atoms with Gasteiger partial charge in [-0.25, -0.2) is 13.4 Å². The summed E-state index contributed by atoms with van der Waals surface area (Å²) in [4.78, 5) is 14.5. The number of halogens is 3. The van der Waals surface area contributed by atoms with E-state index in [1.165, 1.54) is 0 Å². The Labute approximate surface area is 112 Å². The fraction of sp³-hybridized carbons (Fsp3) is 0.200. The minimum atomic E-state index is -4.68. The summed E-state index contributed by atoms with van der Waals surface area (Å²) < 4.78 is 61.7. The molecule has 0 spiro atoms. The lowest BCUT2D eigenvalue weighted by Gasteiger charge is -2.13. The summed E-state index contributed by atoms with van der Waals surface area (Å²) in [5.41, 5.74) is -1.55. The SMILES string of the molecule is C=CC(=O)Nc1cc(C(F)(F)F)cnc1NS(C)(=O)=O. The Hall–Kier alpha value is -2.10. The van der Waals surface area contributed by atoms with E-state index in [9.17, 15) is 26.4 Å². The number of hydrogen-bond donors (Lipinski definition) is 2. The third-order valence-electron chi connectivity index (χ3n) is 1.94. The lowest BCUT2D eigenvalue weighted by atomic mass is 10.2. The first kappa shape index (κ1) is 16.0. The van der Waals surface area contributed by atoms with Crippen LogP contribution in [0.25, 0.3) is 0 Å². The summed E-state index contributed by atoms with van der Waals surface area (Å²) in [6, 6.07) is 0.571. The second-order valence-corrected chi connectivity index (χ2v) is 5.43. The molecule has 0 unspecified atom stereocenters. The van der Waals surface area contributed by atoms with Crippen molar-refractivity contribution in [3.05, 3.63) is 30.5 Å². The third kappa shape index (κ3) is 4.53. The summed E-state index contributed by atoms with van der Waals surface area (Å²) in [7, 11) is -3.76. The highest BCUT2D eigenvalue weighted by Gasteiger charge is 2.32. The van der Waals surface area contributed by atoms with E-state index >= 15 is 0 Å². The monoisotopic (exact) mass is 309 g/mol. The van der Waals surface area contributed by atoms with Crippen LogP contribution >= 0.6 is 0 Å². The molecule has 1 rings (SSSR count). The predicted molar refractivity (Wildman–Crippen MR) is 66.5 cm³/mol. The first-order chi connectivity index (χ1) is 9.03. The maximum Gasteiger partial charge on any atom is 0.417 e. The molecule has 0 bridgehead atoms. The van der Waals surface area contributed by atoms with Gasteiger partial charge in [-0.3, -0.25) is 9.52 Å². The third-order valence-corrected chi connectivity index (χ3v) is 2.50. The van der Waals surface area contributed by atoms with Crippen LogP contribution in [0, 0.1) is 0 Å². The fourth-order valence-corrected chi connectivity index (χ4v) is 1.67. The van der Waals surface area contributed by atoms with Gasteiger partial charge in [0.1, 0.15) is 0 Å². The molecule has 1 amide bonds. The van der Waals surface area contributed by atoms with E-state index in [1.54, 1.807) is 0 Å². The van der Waals surface area contributed by atoms with Crippen molar-refractivity contribution in [1.29, 1.82) is 0 Å². The van der Waals surface area contributed by atoms with E-state index in [4.69, 9.17) is 0 Å². The Bertz CT molecular complexity index is 641. The molecular weight excluding hydrogens is 299 g/mol. The molecule has 0 aliphatic rings. The van der Waals surface area contributed by atoms with Crippen molar-refractivity contribution < 1.29 is 26.4 Å². The van der Waals surface area contributed by atoms with Gasteiger partial charge in [0.2, 0.25) is 15.9 Å². The van der Waals surface area contributed by atoms with Crippen molar-refractivity contribution in [2.24, 2.45) is 0 Å². The molecule has 110 valence electrons. The summed E-state index contributed by atoms with van der Waals surface area (Å²) in [6.45, 7) is 3.14. The van der Waals surface area contributed by atoms with Gasteiger partial charge >= 0.3 is 6.18 Å². The molecule has 1 aromatic heterocycles. The van der Waals surface area contributed by atoms with Crippen LogP contribution in [0.15, 0.2) is 24.9 Å². The molecule has 1 heterocycles. The van der Waals surface area contributed by atoms with Crippen molar-refractivity contribution in [2.45, 2.75) is 6.18 Å². The fourth-order valence-electron chi connectivity index (χ4n) is 1.16. The first-order valence-electron chi connectivity index (χ1n) is 5.01. The number of sulfonamides is 1. The summed E-state index contributed by atoms with van der Waals surface area (Å²) >= 11 is 0. The minimum Gasteiger partial charge on any atom is -0.319 e. The van der Waals surface area contributed by atoms with Gasteiger partial charge in [-0.05, 0) is 12.1 Å². The van der Waals surface area contributed by atoms with E-state index < -0.39 is 39.2 Å². The molecule has 6 nitrogen and oxygen atoms in total. The summed E-state index contributed by atoms with van der Waals surface area (Å²) in [6.07, 6.45) is -2.60. The number of nitrogens with one attached hydrogen (secondary N) is 2. The van der Waals surface area contributed by atoms with Gasteiger partial charge < -0.3 is 5.32 Å². The van der Waals surface area contributed by atoms with Crippen LogP contribution in [0.2, 0.25) is 0 Å². The van der Waals surface area contributed by atoms with Crippen LogP contribution < -0.4 is 10.0 Å². The Balaban J connectivity index is 3.30. The zero-order valence-corrected chi connectivity index (χ0v) is 11.0. The van der Waals surface area contributed by atoms with Gasteiger partial charge in [0.25, 0.3) is 0 Å². The van der Waals surface area contributed by atoms with Crippen LogP contribution in [0.4, 0.5) is 24.7 Å². The second kappa shape index (κ2) is 5.49. The van der Waals surface area contributed by atoms with Crippen molar-refractivity contribution in [3.8, 4) is 0 Å². The van der Waals surface area contributed by atoms with Crippen LogP contribution in [0.1, 0.15) is 5.56 Å². The zero-order valence-electron chi connectivity index (χ0n) is 10.2. The molecule has 0 atom stereocenters. The maximum absolute atomic E-state index is 12.5. The van der Waals surface area contributed by atoms with Gasteiger partial charge in [0.05, 0.1) is 17.5 Å². The van der Waals surface area contributed by atoms with Crippen molar-refractivity contribution in [2.75, 3.05) is 16.3 Å². The van der Waals surface area contributed by atoms with E-state index in [1.807, 2.05) is 10.0 Å². The van der Waals surface area contributed by atoms with Gasteiger partial charge in [-0.1, -0.05) is 6.58 Å². The number of aromatic nitrogens is 1. The zero-order chi connectivity index (χ0) is 15.6. The number of nitrogens with zero attached hydrogens (tertiary/aromatic N) is 1. The van der Waals surface area contributed by atoms with Gasteiger partial charge in [-0.2, -0.15) is 13.2 Å². The highest BCUT2D eigenvalue weighted by molar-refractivity contribution is 7.92. The molecular formula is C10H10F3N3O3S. The second-order valence-electron chi connectivity index (χ2n) is 3.69. The Kier molecular flexibility index (Phi) is 4.38. The number of alkyl halides is 3. The topological polar surface area (TPSA) is 88.2 Å². The Morgan fingerprint density at radius 3 is 2.50 bits per heavy atom. The van der Waals surface area contributed by atoms with Crippen LogP contribution in [0.3, 0.4) is 0 Å². The van der Waals surface area contributed by atoms with Gasteiger partial charge in [0.15, 0.2) is 5.82 Å². The van der Waals surface area contributed by atoms with Crippen molar-refractivity contribution in [3.63, 3.8) is 0 Å². The first-order valence-corrected chi connectivity index (χ1v) is 6.90. The van der Waals surface area contributed by atoms with Crippen LogP contribution in [-0.2, 0) is 21.0 Å². The molecule has 0 aliphatic carbocycles. The van der Waals surface area contributed by atoms with Crippen molar-refractivity contribution in [1.82, 2.24) is 4.98 Å². The summed E-state index contributed by atoms with van der Waals surface area (Å²) in [5, 5.41) is 2.05. The van der Waals surface area contributed by atoms with Crippen molar-refractivity contribution >= 4 is 27.4 Å². The highest BCUT2D eigenvalue weighted by atomic mass is 32.2. The van der Waals surface area contributed by atoms with Crippen LogP contribution in [0.5, 0.6) is 0 Å². The largest absolute Gasteiger partial charge is 0.417 e. The molecule has 0 fully saturated rings. The molecule has 10 heteroatoms. The summed E-state index contributed by atoms with van der Waals surface area (Å²) in [5.74, 6) is -1.22. The lowest BCUT2D eigenvalue weighted by molar-refractivity contribution is -0.137. The average molecular weight is 309 g/mol. The smallest absolute Gasteiger partial charge is 0.319 e. The molecule has 2 N–H and O–H groups in total. The number of carbonyl (C=O) groups is 1. The van der Waals surface area contributed by atoms with Crippen LogP contribution in [-0.4, -0.2) is 25.6 Å². The number of rotatable bonds is 4. The molecule has 20 heavy (non-hydrogen) atoms. The molecule has 0 radical (unpaired) electrons. The van der Waals surface area contributed by atoms with E-state index in [2.05, 4.69) is 11.6 Å². The van der Waals surface area contributed by atoms with E-state index in [0.29, 0.717) is 12.3 Å². The molecule has 0 aromatic carbocycles. The number of hydrogen-bond acceptors (Lipinski definition) is 4. The van der Waals surface area contributed by atoms with Gasteiger partial charge in [-0.15, -0.1) is 0 Å². The molecule has 0 saturated heterocycles. The standard InChI is InChI=1S/C10H10F3N3O3S/c1-3-8(17)15-7-4-6(10(11,12)13)5-14-9(7)16-20(2,18)19/h3-5H,1H2,2H3,(H,14,16)(H,15,17). The highest BCUT2D eigenvalue weighted by Crippen LogP contribution is 2.32. The quantitative estimate of drug-likeness (QED) is 0.827. The molecule has 0 aliphatic heterocycles. The number of anilines is 2. The predicted octanol–water partition coefficient (Wildman–Crippen LogP) is 1.60.